The van der Waals surface area contributed by atoms with E-state index in [0.29, 0.717) is 5.56 Å². The maximum atomic E-state index is 12.4. The van der Waals surface area contributed by atoms with Crippen molar-refractivity contribution in [2.45, 2.75) is 6.92 Å². The van der Waals surface area contributed by atoms with Crippen LogP contribution < -0.4 is 0 Å². The van der Waals surface area contributed by atoms with Gasteiger partial charge in [0.1, 0.15) is 0 Å². The molecular formula is C20H17FeN3O. The van der Waals surface area contributed by atoms with Crippen molar-refractivity contribution in [1.82, 2.24) is 14.8 Å². The van der Waals surface area contributed by atoms with Crippen molar-refractivity contribution in [2.75, 3.05) is 0 Å². The summed E-state index contributed by atoms with van der Waals surface area (Å²) in [4.78, 5) is 16.4. The first-order valence-corrected chi connectivity index (χ1v) is 7.66. The van der Waals surface area contributed by atoms with E-state index in [1.807, 2.05) is 67.6 Å². The van der Waals surface area contributed by atoms with Crippen molar-refractivity contribution in [3.63, 3.8) is 0 Å². The van der Waals surface area contributed by atoms with E-state index in [0.717, 1.165) is 17.0 Å². The van der Waals surface area contributed by atoms with Crippen LogP contribution in [0.3, 0.4) is 0 Å². The summed E-state index contributed by atoms with van der Waals surface area (Å²) < 4.78 is 1.44. The summed E-state index contributed by atoms with van der Waals surface area (Å²) in [5.41, 5.74) is 3.19. The Morgan fingerprint density at radius 1 is 1.08 bits per heavy atom. The minimum Gasteiger partial charge on any atom is -0.267 e. The first kappa shape index (κ1) is 18.6. The molecule has 0 fully saturated rings. The zero-order chi connectivity index (χ0) is 16.8. The summed E-state index contributed by atoms with van der Waals surface area (Å²) in [6.07, 6.45) is 3.21. The summed E-state index contributed by atoms with van der Waals surface area (Å²) in [5, 5.41) is 4.29. The third kappa shape index (κ3) is 4.63. The molecule has 25 heavy (non-hydrogen) atoms. The van der Waals surface area contributed by atoms with Gasteiger partial charge < -0.3 is 0 Å². The summed E-state index contributed by atoms with van der Waals surface area (Å²) in [5.74, 6) is -0.147. The monoisotopic (exact) mass is 371 g/mol. The van der Waals surface area contributed by atoms with E-state index in [1.54, 1.807) is 24.5 Å². The van der Waals surface area contributed by atoms with Gasteiger partial charge in [0, 0.05) is 23.7 Å². The molecule has 2 aromatic heterocycles. The first-order chi connectivity index (χ1) is 11.8. The Balaban J connectivity index is 0.000000325. The van der Waals surface area contributed by atoms with Crippen molar-refractivity contribution in [3.05, 3.63) is 96.4 Å². The first-order valence-electron chi connectivity index (χ1n) is 7.66. The quantitative estimate of drug-likeness (QED) is 0.394. The number of carbonyl (C=O) groups is 1. The van der Waals surface area contributed by atoms with Crippen LogP contribution in [0.5, 0.6) is 0 Å². The third-order valence-corrected chi connectivity index (χ3v) is 3.47. The zero-order valence-corrected chi connectivity index (χ0v) is 14.8. The second kappa shape index (κ2) is 8.92. The molecule has 126 valence electrons. The van der Waals surface area contributed by atoms with Crippen LogP contribution in [0, 0.1) is 6.92 Å². The summed E-state index contributed by atoms with van der Waals surface area (Å²) in [6.45, 7) is 1.88. The number of aryl methyl sites for hydroxylation is 1. The smallest absolute Gasteiger partial charge is 0.267 e. The fourth-order valence-corrected chi connectivity index (χ4v) is 2.34. The molecular weight excluding hydrogens is 354 g/mol. The molecule has 0 amide bonds. The second-order valence-electron chi connectivity index (χ2n) is 5.26. The van der Waals surface area contributed by atoms with Crippen LogP contribution in [0.4, 0.5) is 0 Å². The predicted molar refractivity (Wildman–Crippen MR) is 94.0 cm³/mol. The standard InChI is InChI=1S/C15H12N3O.C5H5.Fe/c1-11-10-14(12-4-2-3-5-12)18(17-11)15(19)13-6-8-16-9-7-13;1-2-4-5-3-1;/h2-10H,1H3;1-5H;/q2*-1;+2. The summed E-state index contributed by atoms with van der Waals surface area (Å²) in [7, 11) is 0. The van der Waals surface area contributed by atoms with Gasteiger partial charge in [-0.15, -0.1) is 12.1 Å². The average Bonchev–Trinajstić information content (AvgIpc) is 3.37. The number of pyridine rings is 1. The number of carbonyl (C=O) groups excluding carboxylic acids is 1. The van der Waals surface area contributed by atoms with Crippen LogP contribution in [0.2, 0.25) is 0 Å². The number of hydrogen-bond donors (Lipinski definition) is 0. The number of rotatable bonds is 2. The fraction of sp³-hybridized carbons (Fsp3) is 0.0500. The Hall–Kier alpha value is -2.75. The Bertz CT molecular complexity index is 861. The van der Waals surface area contributed by atoms with E-state index in [2.05, 4.69) is 10.1 Å². The van der Waals surface area contributed by atoms with Crippen LogP contribution in [-0.4, -0.2) is 20.7 Å². The van der Waals surface area contributed by atoms with Crippen LogP contribution >= 0.6 is 0 Å². The van der Waals surface area contributed by atoms with Crippen molar-refractivity contribution in [2.24, 2.45) is 0 Å². The summed E-state index contributed by atoms with van der Waals surface area (Å²) in [6, 6.07) is 23.1. The molecule has 2 aromatic carbocycles. The molecule has 4 aromatic rings. The van der Waals surface area contributed by atoms with Gasteiger partial charge >= 0.3 is 17.1 Å². The molecule has 0 unspecified atom stereocenters. The summed E-state index contributed by atoms with van der Waals surface area (Å²) >= 11 is 0. The molecule has 0 saturated heterocycles. The van der Waals surface area contributed by atoms with Gasteiger partial charge in [-0.05, 0) is 24.8 Å². The predicted octanol–water partition coefficient (Wildman–Crippen LogP) is 4.06. The normalized spacial score (nSPS) is 9.64. The maximum absolute atomic E-state index is 12.4. The van der Waals surface area contributed by atoms with E-state index in [4.69, 9.17) is 0 Å². The van der Waals surface area contributed by atoms with Crippen molar-refractivity contribution in [3.8, 4) is 11.3 Å². The Labute approximate surface area is 157 Å². The van der Waals surface area contributed by atoms with Crippen LogP contribution in [0.15, 0.2) is 85.2 Å². The number of hydrogen-bond acceptors (Lipinski definition) is 3. The number of aromatic nitrogens is 3. The minimum absolute atomic E-state index is 0. The SMILES string of the molecule is Cc1cc(-[c-]2cccc2)n(C(=O)c2ccncc2)n1.[Fe+2].c1cc[cH-]c1. The minimum atomic E-state index is -0.147. The average molecular weight is 371 g/mol. The van der Waals surface area contributed by atoms with Crippen molar-refractivity contribution < 1.29 is 21.9 Å². The molecule has 0 bridgehead atoms. The van der Waals surface area contributed by atoms with E-state index in [1.165, 1.54) is 4.68 Å². The molecule has 0 aliphatic heterocycles. The topological polar surface area (TPSA) is 47.8 Å². The van der Waals surface area contributed by atoms with E-state index in [-0.39, 0.29) is 23.0 Å². The van der Waals surface area contributed by atoms with Gasteiger partial charge in [-0.2, -0.15) is 35.4 Å². The second-order valence-corrected chi connectivity index (χ2v) is 5.26. The molecule has 2 heterocycles. The van der Waals surface area contributed by atoms with Gasteiger partial charge in [0.15, 0.2) is 0 Å². The van der Waals surface area contributed by atoms with Crippen LogP contribution in [0.25, 0.3) is 11.3 Å². The molecule has 0 N–H and O–H groups in total. The molecule has 0 atom stereocenters. The number of nitrogens with zero attached hydrogens (tertiary/aromatic N) is 3. The fourth-order valence-electron chi connectivity index (χ4n) is 2.34. The van der Waals surface area contributed by atoms with E-state index in [9.17, 15) is 4.79 Å². The molecule has 0 spiro atoms. The maximum Gasteiger partial charge on any atom is 2.00 e. The molecule has 0 saturated carbocycles. The van der Waals surface area contributed by atoms with Gasteiger partial charge in [-0.1, -0.05) is 11.6 Å². The molecule has 4 rings (SSSR count). The van der Waals surface area contributed by atoms with Crippen LogP contribution in [0.1, 0.15) is 16.1 Å². The van der Waals surface area contributed by atoms with Crippen molar-refractivity contribution >= 4 is 5.91 Å². The molecule has 0 aliphatic rings. The molecule has 5 heteroatoms. The molecule has 0 aliphatic carbocycles. The van der Waals surface area contributed by atoms with Crippen LogP contribution in [-0.2, 0) is 17.1 Å². The molecule has 4 nitrogen and oxygen atoms in total. The van der Waals surface area contributed by atoms with E-state index < -0.39 is 0 Å². The third-order valence-electron chi connectivity index (χ3n) is 3.47. The van der Waals surface area contributed by atoms with Gasteiger partial charge in [0.2, 0.25) is 0 Å². The Morgan fingerprint density at radius 3 is 2.28 bits per heavy atom. The molecule has 0 radical (unpaired) electrons. The van der Waals surface area contributed by atoms with Gasteiger partial charge in [0.25, 0.3) is 5.91 Å². The van der Waals surface area contributed by atoms with Crippen molar-refractivity contribution in [1.29, 1.82) is 0 Å². The van der Waals surface area contributed by atoms with Gasteiger partial charge in [0.05, 0.1) is 0 Å². The Kier molecular flexibility index (Phi) is 6.63. The Morgan fingerprint density at radius 2 is 1.72 bits per heavy atom. The van der Waals surface area contributed by atoms with E-state index >= 15 is 0 Å². The largest absolute Gasteiger partial charge is 2.00 e. The van der Waals surface area contributed by atoms with Gasteiger partial charge in [-0.3, -0.25) is 9.78 Å². The zero-order valence-electron chi connectivity index (χ0n) is 13.7. The van der Waals surface area contributed by atoms with Gasteiger partial charge in [-0.25, -0.2) is 16.8 Å².